The lowest BCUT2D eigenvalue weighted by Crippen LogP contribution is -2.35. The number of carbonyl (C=O) groups excluding carboxylic acids is 2. The largest absolute Gasteiger partial charge is 0.396 e. The highest BCUT2D eigenvalue weighted by Crippen LogP contribution is 2.19. The Morgan fingerprint density at radius 2 is 1.95 bits per heavy atom. The number of aliphatic hydroxyl groups excluding tert-OH is 1. The van der Waals surface area contributed by atoms with Crippen molar-refractivity contribution in [3.8, 4) is 0 Å². The molecule has 0 atom stereocenters. The van der Waals surface area contributed by atoms with E-state index in [1.807, 2.05) is 6.92 Å². The number of nitrogens with one attached hydrogen (secondary N) is 2. The van der Waals surface area contributed by atoms with Gasteiger partial charge in [0.05, 0.1) is 0 Å². The van der Waals surface area contributed by atoms with Crippen molar-refractivity contribution in [2.24, 2.45) is 0 Å². The summed E-state index contributed by atoms with van der Waals surface area (Å²) in [5.41, 5.74) is 1.39. The molecule has 1 rings (SSSR count). The Bertz CT molecular complexity index is 477. The summed E-state index contributed by atoms with van der Waals surface area (Å²) in [6.45, 7) is 2.41. The number of hydrogen-bond donors (Lipinski definition) is 3. The number of halogens is 1. The van der Waals surface area contributed by atoms with Crippen molar-refractivity contribution in [1.29, 1.82) is 0 Å². The molecule has 20 heavy (non-hydrogen) atoms. The second-order valence-electron chi connectivity index (χ2n) is 4.46. The summed E-state index contributed by atoms with van der Waals surface area (Å²) in [7, 11) is 0. The number of anilines is 1. The first-order valence-electron chi connectivity index (χ1n) is 6.51. The molecule has 0 fully saturated rings. The molecule has 0 radical (unpaired) electrons. The van der Waals surface area contributed by atoms with Gasteiger partial charge < -0.3 is 15.7 Å². The van der Waals surface area contributed by atoms with Gasteiger partial charge in [-0.25, -0.2) is 0 Å². The second-order valence-corrected chi connectivity index (χ2v) is 4.87. The molecule has 1 aromatic rings. The van der Waals surface area contributed by atoms with Gasteiger partial charge in [-0.15, -0.1) is 0 Å². The van der Waals surface area contributed by atoms with Crippen LogP contribution < -0.4 is 10.6 Å². The van der Waals surface area contributed by atoms with Crippen molar-refractivity contribution in [3.63, 3.8) is 0 Å². The topological polar surface area (TPSA) is 78.4 Å². The Labute approximate surface area is 123 Å². The van der Waals surface area contributed by atoms with E-state index in [0.717, 1.165) is 18.4 Å². The third-order valence-corrected chi connectivity index (χ3v) is 3.16. The van der Waals surface area contributed by atoms with Crippen molar-refractivity contribution in [1.82, 2.24) is 5.32 Å². The fourth-order valence-electron chi connectivity index (χ4n) is 1.55. The quantitative estimate of drug-likeness (QED) is 0.554. The van der Waals surface area contributed by atoms with E-state index in [1.54, 1.807) is 18.2 Å². The molecule has 0 aromatic heterocycles. The Kier molecular flexibility index (Phi) is 7.04. The summed E-state index contributed by atoms with van der Waals surface area (Å²) in [4.78, 5) is 23.1. The Hall–Kier alpha value is -1.59. The van der Waals surface area contributed by atoms with Crippen molar-refractivity contribution in [3.05, 3.63) is 28.8 Å². The molecule has 0 saturated carbocycles. The summed E-state index contributed by atoms with van der Waals surface area (Å²) in [6.07, 6.45) is 2.24. The summed E-state index contributed by atoms with van der Waals surface area (Å²) in [5.74, 6) is -1.39. The van der Waals surface area contributed by atoms with Crippen LogP contribution in [0.1, 0.15) is 24.8 Å². The van der Waals surface area contributed by atoms with Gasteiger partial charge in [-0.05, 0) is 43.9 Å². The Balaban J connectivity index is 2.37. The molecule has 0 bridgehead atoms. The standard InChI is InChI=1S/C14H19ClN2O3/c1-10-5-6-11(9-12(10)15)17-14(20)13(19)16-7-3-2-4-8-18/h5-6,9,18H,2-4,7-8H2,1H3,(H,16,19)(H,17,20). The smallest absolute Gasteiger partial charge is 0.313 e. The maximum atomic E-state index is 11.6. The average molecular weight is 299 g/mol. The lowest BCUT2D eigenvalue weighted by atomic mass is 10.2. The zero-order valence-corrected chi connectivity index (χ0v) is 12.2. The van der Waals surface area contributed by atoms with Crippen molar-refractivity contribution in [2.75, 3.05) is 18.5 Å². The molecule has 0 aliphatic rings. The van der Waals surface area contributed by atoms with Gasteiger partial charge in [0.15, 0.2) is 0 Å². The second kappa shape index (κ2) is 8.55. The minimum absolute atomic E-state index is 0.141. The van der Waals surface area contributed by atoms with Crippen molar-refractivity contribution >= 4 is 29.1 Å². The fraction of sp³-hybridized carbons (Fsp3) is 0.429. The predicted octanol–water partition coefficient (Wildman–Crippen LogP) is 1.87. The van der Waals surface area contributed by atoms with E-state index in [1.165, 1.54) is 0 Å². The maximum absolute atomic E-state index is 11.6. The first-order chi connectivity index (χ1) is 9.54. The number of hydrogen-bond acceptors (Lipinski definition) is 3. The average Bonchev–Trinajstić information content (AvgIpc) is 2.42. The summed E-state index contributed by atoms with van der Waals surface area (Å²) in [6, 6.07) is 5.06. The number of unbranched alkanes of at least 4 members (excludes halogenated alkanes) is 2. The fourth-order valence-corrected chi connectivity index (χ4v) is 1.73. The summed E-state index contributed by atoms with van der Waals surface area (Å²) in [5, 5.41) is 14.1. The lowest BCUT2D eigenvalue weighted by molar-refractivity contribution is -0.136. The molecule has 110 valence electrons. The molecule has 1 aromatic carbocycles. The highest BCUT2D eigenvalue weighted by Gasteiger charge is 2.13. The Morgan fingerprint density at radius 1 is 1.20 bits per heavy atom. The maximum Gasteiger partial charge on any atom is 0.313 e. The van der Waals surface area contributed by atoms with E-state index in [-0.39, 0.29) is 6.61 Å². The lowest BCUT2D eigenvalue weighted by Gasteiger charge is -2.07. The van der Waals surface area contributed by atoms with Gasteiger partial charge in [0.1, 0.15) is 0 Å². The molecular formula is C14H19ClN2O3. The number of rotatable bonds is 6. The van der Waals surface area contributed by atoms with Gasteiger partial charge in [0.25, 0.3) is 0 Å². The number of amides is 2. The summed E-state index contributed by atoms with van der Waals surface area (Å²) >= 11 is 5.94. The number of carbonyl (C=O) groups is 2. The molecule has 0 aliphatic heterocycles. The van der Waals surface area contributed by atoms with Crippen LogP contribution in [0, 0.1) is 6.92 Å². The molecule has 5 nitrogen and oxygen atoms in total. The van der Waals surface area contributed by atoms with Crippen LogP contribution in [0.5, 0.6) is 0 Å². The molecule has 0 unspecified atom stereocenters. The highest BCUT2D eigenvalue weighted by molar-refractivity contribution is 6.39. The van der Waals surface area contributed by atoms with Crippen LogP contribution >= 0.6 is 11.6 Å². The summed E-state index contributed by atoms with van der Waals surface area (Å²) < 4.78 is 0. The van der Waals surface area contributed by atoms with Gasteiger partial charge >= 0.3 is 11.8 Å². The third kappa shape index (κ3) is 5.59. The van der Waals surface area contributed by atoms with Crippen LogP contribution in [0.2, 0.25) is 5.02 Å². The predicted molar refractivity (Wildman–Crippen MR) is 78.8 cm³/mol. The molecule has 0 spiro atoms. The first kappa shape index (κ1) is 16.5. The van der Waals surface area contributed by atoms with Crippen LogP contribution in [-0.4, -0.2) is 30.1 Å². The number of benzene rings is 1. The van der Waals surface area contributed by atoms with Crippen LogP contribution in [0.15, 0.2) is 18.2 Å². The molecule has 6 heteroatoms. The third-order valence-electron chi connectivity index (χ3n) is 2.76. The number of aliphatic hydroxyl groups is 1. The van der Waals surface area contributed by atoms with Gasteiger partial charge in [-0.3, -0.25) is 9.59 Å². The van der Waals surface area contributed by atoms with Gasteiger partial charge in [0.2, 0.25) is 0 Å². The monoisotopic (exact) mass is 298 g/mol. The zero-order valence-electron chi connectivity index (χ0n) is 11.4. The molecule has 2 amide bonds. The molecular weight excluding hydrogens is 280 g/mol. The minimum atomic E-state index is -0.716. The van der Waals surface area contributed by atoms with Gasteiger partial charge in [-0.2, -0.15) is 0 Å². The van der Waals surface area contributed by atoms with Crippen LogP contribution in [-0.2, 0) is 9.59 Å². The van der Waals surface area contributed by atoms with E-state index < -0.39 is 11.8 Å². The normalized spacial score (nSPS) is 10.2. The van der Waals surface area contributed by atoms with Crippen LogP contribution in [0.25, 0.3) is 0 Å². The number of aryl methyl sites for hydroxylation is 1. The van der Waals surface area contributed by atoms with Crippen LogP contribution in [0.4, 0.5) is 5.69 Å². The van der Waals surface area contributed by atoms with E-state index in [2.05, 4.69) is 10.6 Å². The molecule has 0 saturated heterocycles. The molecule has 3 N–H and O–H groups in total. The molecule has 0 aliphatic carbocycles. The van der Waals surface area contributed by atoms with E-state index in [9.17, 15) is 9.59 Å². The molecule has 0 heterocycles. The van der Waals surface area contributed by atoms with E-state index in [4.69, 9.17) is 16.7 Å². The van der Waals surface area contributed by atoms with Crippen molar-refractivity contribution in [2.45, 2.75) is 26.2 Å². The van der Waals surface area contributed by atoms with Crippen molar-refractivity contribution < 1.29 is 14.7 Å². The van der Waals surface area contributed by atoms with Gasteiger partial charge in [0, 0.05) is 23.9 Å². The van der Waals surface area contributed by atoms with E-state index in [0.29, 0.717) is 23.7 Å². The zero-order chi connectivity index (χ0) is 15.0. The first-order valence-corrected chi connectivity index (χ1v) is 6.88. The van der Waals surface area contributed by atoms with Crippen LogP contribution in [0.3, 0.4) is 0 Å². The highest BCUT2D eigenvalue weighted by atomic mass is 35.5. The SMILES string of the molecule is Cc1ccc(NC(=O)C(=O)NCCCCCO)cc1Cl. The van der Waals surface area contributed by atoms with Gasteiger partial charge in [-0.1, -0.05) is 17.7 Å². The van der Waals surface area contributed by atoms with E-state index >= 15 is 0 Å². The minimum Gasteiger partial charge on any atom is -0.396 e. The Morgan fingerprint density at radius 3 is 2.60 bits per heavy atom.